The molecule has 1 aromatic rings. The summed E-state index contributed by atoms with van der Waals surface area (Å²) < 4.78 is 42.5. The van der Waals surface area contributed by atoms with Gasteiger partial charge in [0.15, 0.2) is 21.4 Å². The van der Waals surface area contributed by atoms with Gasteiger partial charge in [-0.3, -0.25) is 9.69 Å². The summed E-state index contributed by atoms with van der Waals surface area (Å²) in [6, 6.07) is 3.32. The highest BCUT2D eigenvalue weighted by Crippen LogP contribution is 2.28. The molecule has 1 aliphatic heterocycles. The van der Waals surface area contributed by atoms with E-state index in [4.69, 9.17) is 9.84 Å². The Hall–Kier alpha value is -2.20. The minimum atomic E-state index is -3.49. The van der Waals surface area contributed by atoms with Gasteiger partial charge in [0.1, 0.15) is 5.78 Å². The number of carbonyl (C=O) groups excluding carboxylic acids is 1. The lowest BCUT2D eigenvalue weighted by molar-refractivity contribution is -0.128. The van der Waals surface area contributed by atoms with Crippen LogP contribution in [-0.2, 0) is 14.6 Å². The average Bonchev–Trinajstić information content (AvgIpc) is 2.66. The summed E-state index contributed by atoms with van der Waals surface area (Å²) in [4.78, 5) is 26.9. The molecule has 0 aromatic heterocycles. The standard InChI is InChI=1S/C19H25FN2O6S/c1-29(26,27)14-3-5-18(15(20)11-14)28-12-13-2-4-16(17(23)10-13)21-6-8-22(9-7-21)19(24)25/h3,5,11,13,16H,2,4,6-10,12H2,1H3,(H,24,25). The van der Waals surface area contributed by atoms with Crippen molar-refractivity contribution >= 4 is 21.7 Å². The molecule has 1 aliphatic carbocycles. The number of ether oxygens (including phenoxy) is 1. The van der Waals surface area contributed by atoms with Crippen LogP contribution in [0, 0.1) is 11.7 Å². The molecule has 10 heteroatoms. The maximum Gasteiger partial charge on any atom is 0.407 e. The van der Waals surface area contributed by atoms with E-state index in [-0.39, 0.29) is 35.0 Å². The van der Waals surface area contributed by atoms with Crippen molar-refractivity contribution in [2.45, 2.75) is 30.2 Å². The molecule has 2 aliphatic rings. The number of benzene rings is 1. The molecule has 0 spiro atoms. The zero-order valence-electron chi connectivity index (χ0n) is 16.2. The van der Waals surface area contributed by atoms with E-state index in [1.165, 1.54) is 17.0 Å². The molecule has 1 heterocycles. The average molecular weight is 428 g/mol. The van der Waals surface area contributed by atoms with Crippen LogP contribution >= 0.6 is 0 Å². The molecule has 0 bridgehead atoms. The lowest BCUT2D eigenvalue weighted by Crippen LogP contribution is -2.55. The summed E-state index contributed by atoms with van der Waals surface area (Å²) in [7, 11) is -3.49. The van der Waals surface area contributed by atoms with Gasteiger partial charge >= 0.3 is 6.09 Å². The number of amides is 1. The highest BCUT2D eigenvalue weighted by atomic mass is 32.2. The number of carboxylic acid groups (broad SMARTS) is 1. The molecule has 1 saturated heterocycles. The van der Waals surface area contributed by atoms with Crippen LogP contribution in [0.3, 0.4) is 0 Å². The van der Waals surface area contributed by atoms with Crippen LogP contribution in [0.1, 0.15) is 19.3 Å². The Morgan fingerprint density at radius 1 is 1.24 bits per heavy atom. The summed E-state index contributed by atoms with van der Waals surface area (Å²) in [6.45, 7) is 2.06. The number of Topliss-reactive ketones (excluding diaryl/α,β-unsaturated/α-hetero) is 1. The van der Waals surface area contributed by atoms with Crippen molar-refractivity contribution in [3.63, 3.8) is 0 Å². The number of halogens is 1. The highest BCUT2D eigenvalue weighted by Gasteiger charge is 2.35. The predicted molar refractivity (Wildman–Crippen MR) is 102 cm³/mol. The fraction of sp³-hybridized carbons (Fsp3) is 0.579. The number of carbonyl (C=O) groups is 2. The van der Waals surface area contributed by atoms with Gasteiger partial charge in [-0.1, -0.05) is 0 Å². The zero-order valence-corrected chi connectivity index (χ0v) is 17.0. The van der Waals surface area contributed by atoms with Gasteiger partial charge in [0.05, 0.1) is 17.5 Å². The molecule has 29 heavy (non-hydrogen) atoms. The second kappa shape index (κ2) is 8.66. The minimum Gasteiger partial charge on any atom is -0.490 e. The Bertz CT molecular complexity index is 883. The van der Waals surface area contributed by atoms with Crippen LogP contribution in [0.15, 0.2) is 23.1 Å². The fourth-order valence-corrected chi connectivity index (χ4v) is 4.50. The van der Waals surface area contributed by atoms with Crippen LogP contribution in [0.25, 0.3) is 0 Å². The van der Waals surface area contributed by atoms with Crippen LogP contribution < -0.4 is 4.74 Å². The second-order valence-corrected chi connectivity index (χ2v) is 9.63. The SMILES string of the molecule is CS(=O)(=O)c1ccc(OCC2CCC(N3CCN(C(=O)O)CC3)C(=O)C2)c(F)c1. The van der Waals surface area contributed by atoms with E-state index in [9.17, 15) is 22.4 Å². The van der Waals surface area contributed by atoms with E-state index >= 15 is 0 Å². The normalized spacial score (nSPS) is 23.8. The Balaban J connectivity index is 1.51. The highest BCUT2D eigenvalue weighted by molar-refractivity contribution is 7.90. The summed E-state index contributed by atoms with van der Waals surface area (Å²) in [5.41, 5.74) is 0. The van der Waals surface area contributed by atoms with E-state index in [0.29, 0.717) is 39.0 Å². The largest absolute Gasteiger partial charge is 0.490 e. The van der Waals surface area contributed by atoms with E-state index < -0.39 is 21.7 Å². The van der Waals surface area contributed by atoms with Gasteiger partial charge in [0, 0.05) is 38.9 Å². The molecule has 160 valence electrons. The number of sulfone groups is 1. The monoisotopic (exact) mass is 428 g/mol. The molecule has 8 nitrogen and oxygen atoms in total. The smallest absolute Gasteiger partial charge is 0.407 e. The van der Waals surface area contributed by atoms with Crippen LogP contribution in [0.2, 0.25) is 0 Å². The molecular weight excluding hydrogens is 403 g/mol. The van der Waals surface area contributed by atoms with Crippen LogP contribution in [-0.4, -0.2) is 80.3 Å². The quantitative estimate of drug-likeness (QED) is 0.760. The number of nitrogens with zero attached hydrogens (tertiary/aromatic N) is 2. The van der Waals surface area contributed by atoms with Crippen LogP contribution in [0.5, 0.6) is 5.75 Å². The fourth-order valence-electron chi connectivity index (χ4n) is 3.87. The third-order valence-corrected chi connectivity index (χ3v) is 6.65. The Morgan fingerprint density at radius 2 is 1.93 bits per heavy atom. The molecule has 2 fully saturated rings. The minimum absolute atomic E-state index is 0.0308. The molecule has 3 rings (SSSR count). The van der Waals surface area contributed by atoms with E-state index in [0.717, 1.165) is 18.7 Å². The van der Waals surface area contributed by atoms with Crippen molar-refractivity contribution in [1.82, 2.24) is 9.80 Å². The first-order valence-electron chi connectivity index (χ1n) is 9.52. The molecule has 1 amide bonds. The lowest BCUT2D eigenvalue weighted by Gasteiger charge is -2.40. The molecule has 2 atom stereocenters. The number of hydrogen-bond acceptors (Lipinski definition) is 6. The zero-order chi connectivity index (χ0) is 21.2. The van der Waals surface area contributed by atoms with E-state index in [2.05, 4.69) is 0 Å². The molecule has 1 saturated carbocycles. The molecular formula is C19H25FN2O6S. The molecule has 2 unspecified atom stereocenters. The summed E-state index contributed by atoms with van der Waals surface area (Å²) in [6.07, 6.45) is 1.81. The second-order valence-electron chi connectivity index (χ2n) is 7.61. The van der Waals surface area contributed by atoms with Gasteiger partial charge in [-0.2, -0.15) is 0 Å². The molecule has 1 N–H and O–H groups in total. The maximum absolute atomic E-state index is 14.1. The van der Waals surface area contributed by atoms with Crippen molar-refractivity contribution in [2.24, 2.45) is 5.92 Å². The van der Waals surface area contributed by atoms with Crippen molar-refractivity contribution in [3.8, 4) is 5.75 Å². The van der Waals surface area contributed by atoms with Gasteiger partial charge in [-0.25, -0.2) is 17.6 Å². The number of hydrogen-bond donors (Lipinski definition) is 1. The van der Waals surface area contributed by atoms with Gasteiger partial charge in [0.25, 0.3) is 0 Å². The number of ketones is 1. The van der Waals surface area contributed by atoms with E-state index in [1.807, 2.05) is 4.90 Å². The Labute approximate surface area is 169 Å². The topological polar surface area (TPSA) is 104 Å². The van der Waals surface area contributed by atoms with Gasteiger partial charge in [0.2, 0.25) is 0 Å². The maximum atomic E-state index is 14.1. The Kier molecular flexibility index (Phi) is 6.42. The van der Waals surface area contributed by atoms with Crippen molar-refractivity contribution < 1.29 is 32.2 Å². The number of piperazine rings is 1. The molecule has 0 radical (unpaired) electrons. The predicted octanol–water partition coefficient (Wildman–Crippen LogP) is 1.64. The van der Waals surface area contributed by atoms with Crippen molar-refractivity contribution in [1.29, 1.82) is 0 Å². The van der Waals surface area contributed by atoms with Crippen LogP contribution in [0.4, 0.5) is 9.18 Å². The summed E-state index contributed by atoms with van der Waals surface area (Å²) >= 11 is 0. The van der Waals surface area contributed by atoms with Gasteiger partial charge in [-0.05, 0) is 37.0 Å². The third-order valence-electron chi connectivity index (χ3n) is 5.54. The first kappa shape index (κ1) is 21.5. The lowest BCUT2D eigenvalue weighted by atomic mass is 9.84. The van der Waals surface area contributed by atoms with E-state index in [1.54, 1.807) is 0 Å². The van der Waals surface area contributed by atoms with Crippen molar-refractivity contribution in [3.05, 3.63) is 24.0 Å². The first-order chi connectivity index (χ1) is 13.6. The first-order valence-corrected chi connectivity index (χ1v) is 11.4. The summed E-state index contributed by atoms with van der Waals surface area (Å²) in [5, 5.41) is 9.02. The summed E-state index contributed by atoms with van der Waals surface area (Å²) in [5.74, 6) is -0.712. The van der Waals surface area contributed by atoms with Gasteiger partial charge in [-0.15, -0.1) is 0 Å². The molecule has 1 aromatic carbocycles. The third kappa shape index (κ3) is 5.24. The van der Waals surface area contributed by atoms with Crippen molar-refractivity contribution in [2.75, 3.05) is 39.0 Å². The number of rotatable bonds is 5. The Morgan fingerprint density at radius 3 is 2.48 bits per heavy atom. The van der Waals surface area contributed by atoms with Gasteiger partial charge < -0.3 is 14.7 Å².